The number of tetrazole rings is 1. The van der Waals surface area contributed by atoms with Crippen LogP contribution in [0.4, 0.5) is 0 Å². The lowest BCUT2D eigenvalue weighted by atomic mass is 10.1. The monoisotopic (exact) mass is 271 g/mol. The normalized spacial score (nSPS) is 13.4. The van der Waals surface area contributed by atoms with Crippen LogP contribution in [-0.4, -0.2) is 37.9 Å². The maximum Gasteiger partial charge on any atom is 0.233 e. The Bertz CT molecular complexity index is 398. The summed E-state index contributed by atoms with van der Waals surface area (Å²) in [5.41, 5.74) is -0.189. The maximum absolute atomic E-state index is 11.8. The number of hydrogen-bond donors (Lipinski definition) is 1. The minimum absolute atomic E-state index is 0.0188. The van der Waals surface area contributed by atoms with Gasteiger partial charge in [0, 0.05) is 6.54 Å². The zero-order valence-corrected chi connectivity index (χ0v) is 12.4. The molecule has 1 aromatic rings. The van der Waals surface area contributed by atoms with Gasteiger partial charge in [0.05, 0.1) is 10.8 Å². The van der Waals surface area contributed by atoms with E-state index in [4.69, 9.17) is 0 Å². The second kappa shape index (κ2) is 6.17. The lowest BCUT2D eigenvalue weighted by Crippen LogP contribution is -2.32. The third kappa shape index (κ3) is 3.97. The molecule has 1 rings (SSSR count). The van der Waals surface area contributed by atoms with Crippen LogP contribution in [-0.2, 0) is 10.3 Å². The summed E-state index contributed by atoms with van der Waals surface area (Å²) in [7, 11) is 0. The fraction of sp³-hybridized carbons (Fsp3) is 0.818. The van der Waals surface area contributed by atoms with Gasteiger partial charge < -0.3 is 5.32 Å². The summed E-state index contributed by atoms with van der Waals surface area (Å²) < 4.78 is 1.74. The van der Waals surface area contributed by atoms with Gasteiger partial charge in [-0.1, -0.05) is 18.7 Å². The summed E-state index contributed by atoms with van der Waals surface area (Å²) >= 11 is 1.38. The minimum Gasteiger partial charge on any atom is -0.355 e. The smallest absolute Gasteiger partial charge is 0.233 e. The van der Waals surface area contributed by atoms with Crippen LogP contribution in [0, 0.1) is 0 Å². The molecule has 6 nitrogen and oxygen atoms in total. The third-order valence-electron chi connectivity index (χ3n) is 2.28. The van der Waals surface area contributed by atoms with Crippen molar-refractivity contribution in [2.24, 2.45) is 0 Å². The molecule has 0 aromatic carbocycles. The summed E-state index contributed by atoms with van der Waals surface area (Å²) in [4.78, 5) is 11.8. The molecule has 0 aliphatic carbocycles. The zero-order valence-electron chi connectivity index (χ0n) is 11.6. The number of carbonyl (C=O) groups excluding carboxylic acids is 1. The van der Waals surface area contributed by atoms with Crippen molar-refractivity contribution in [1.29, 1.82) is 0 Å². The van der Waals surface area contributed by atoms with Crippen LogP contribution < -0.4 is 5.32 Å². The van der Waals surface area contributed by atoms with E-state index in [1.165, 1.54) is 11.8 Å². The Morgan fingerprint density at radius 1 is 1.50 bits per heavy atom. The summed E-state index contributed by atoms with van der Waals surface area (Å²) in [6.45, 7) is 10.7. The number of nitrogens with one attached hydrogen (secondary N) is 1. The summed E-state index contributed by atoms with van der Waals surface area (Å²) in [5.74, 6) is 0.0188. The van der Waals surface area contributed by atoms with Gasteiger partial charge in [-0.05, 0) is 44.5 Å². The molecule has 1 atom stereocenters. The topological polar surface area (TPSA) is 72.7 Å². The molecule has 0 fully saturated rings. The van der Waals surface area contributed by atoms with Gasteiger partial charge in [-0.25, -0.2) is 4.68 Å². The molecule has 1 heterocycles. The van der Waals surface area contributed by atoms with Crippen LogP contribution >= 0.6 is 11.8 Å². The van der Waals surface area contributed by atoms with E-state index >= 15 is 0 Å². The highest BCUT2D eigenvalue weighted by molar-refractivity contribution is 8.00. The first kappa shape index (κ1) is 14.9. The van der Waals surface area contributed by atoms with Crippen molar-refractivity contribution in [3.8, 4) is 0 Å². The van der Waals surface area contributed by atoms with E-state index in [2.05, 4.69) is 20.8 Å². The summed E-state index contributed by atoms with van der Waals surface area (Å²) in [6.07, 6.45) is 0.933. The van der Waals surface area contributed by atoms with E-state index in [1.807, 2.05) is 34.6 Å². The van der Waals surface area contributed by atoms with Crippen LogP contribution in [0.25, 0.3) is 0 Å². The molecule has 102 valence electrons. The van der Waals surface area contributed by atoms with E-state index < -0.39 is 0 Å². The molecular weight excluding hydrogens is 250 g/mol. The Labute approximate surface area is 112 Å². The first-order valence-corrected chi connectivity index (χ1v) is 6.97. The molecule has 0 radical (unpaired) electrons. The number of carbonyl (C=O) groups is 1. The van der Waals surface area contributed by atoms with Crippen LogP contribution in [0.15, 0.2) is 5.16 Å². The minimum atomic E-state index is -0.205. The van der Waals surface area contributed by atoms with E-state index in [9.17, 15) is 4.79 Å². The molecule has 1 N–H and O–H groups in total. The van der Waals surface area contributed by atoms with Crippen molar-refractivity contribution >= 4 is 17.7 Å². The quantitative estimate of drug-likeness (QED) is 0.820. The van der Waals surface area contributed by atoms with Crippen LogP contribution in [0.2, 0.25) is 0 Å². The van der Waals surface area contributed by atoms with Gasteiger partial charge in [-0.2, -0.15) is 0 Å². The summed E-state index contributed by atoms with van der Waals surface area (Å²) in [6, 6.07) is 0. The average molecular weight is 271 g/mol. The van der Waals surface area contributed by atoms with Gasteiger partial charge in [0.2, 0.25) is 11.1 Å². The van der Waals surface area contributed by atoms with Crippen molar-refractivity contribution in [2.75, 3.05) is 6.54 Å². The van der Waals surface area contributed by atoms with Crippen LogP contribution in [0.1, 0.15) is 41.0 Å². The van der Waals surface area contributed by atoms with Gasteiger partial charge >= 0.3 is 0 Å². The van der Waals surface area contributed by atoms with E-state index in [0.717, 1.165) is 6.42 Å². The SMILES string of the molecule is CCCNC(=O)[C@@H](C)Sc1nnnn1C(C)(C)C. The highest BCUT2D eigenvalue weighted by atomic mass is 32.2. The largest absolute Gasteiger partial charge is 0.355 e. The molecule has 1 amide bonds. The Kier molecular flexibility index (Phi) is 5.13. The van der Waals surface area contributed by atoms with Crippen molar-refractivity contribution < 1.29 is 4.79 Å². The Hall–Kier alpha value is -1.11. The fourth-order valence-electron chi connectivity index (χ4n) is 1.28. The van der Waals surface area contributed by atoms with Crippen molar-refractivity contribution in [1.82, 2.24) is 25.5 Å². The van der Waals surface area contributed by atoms with Crippen molar-refractivity contribution in [3.05, 3.63) is 0 Å². The lowest BCUT2D eigenvalue weighted by Gasteiger charge is -2.20. The molecule has 1 aromatic heterocycles. The van der Waals surface area contributed by atoms with Crippen molar-refractivity contribution in [2.45, 2.75) is 57.0 Å². The van der Waals surface area contributed by atoms with E-state index in [-0.39, 0.29) is 16.7 Å². The fourth-order valence-corrected chi connectivity index (χ4v) is 2.28. The molecule has 0 unspecified atom stereocenters. The first-order valence-electron chi connectivity index (χ1n) is 6.09. The van der Waals surface area contributed by atoms with E-state index in [0.29, 0.717) is 11.7 Å². The predicted octanol–water partition coefficient (Wildman–Crippen LogP) is 1.43. The van der Waals surface area contributed by atoms with Gasteiger partial charge in [0.15, 0.2) is 0 Å². The Morgan fingerprint density at radius 2 is 2.17 bits per heavy atom. The first-order chi connectivity index (χ1) is 8.36. The second-order valence-corrected chi connectivity index (χ2v) is 6.40. The lowest BCUT2D eigenvalue weighted by molar-refractivity contribution is -0.120. The zero-order chi connectivity index (χ0) is 13.8. The number of nitrogens with zero attached hydrogens (tertiary/aromatic N) is 4. The molecular formula is C11H21N5OS. The third-order valence-corrected chi connectivity index (χ3v) is 3.31. The summed E-state index contributed by atoms with van der Waals surface area (Å²) in [5, 5.41) is 14.9. The van der Waals surface area contributed by atoms with Crippen LogP contribution in [0.3, 0.4) is 0 Å². The van der Waals surface area contributed by atoms with Gasteiger partial charge in [0.1, 0.15) is 0 Å². The van der Waals surface area contributed by atoms with Gasteiger partial charge in [0.25, 0.3) is 0 Å². The van der Waals surface area contributed by atoms with E-state index in [1.54, 1.807) is 4.68 Å². The number of thioether (sulfide) groups is 1. The van der Waals surface area contributed by atoms with Gasteiger partial charge in [-0.15, -0.1) is 5.10 Å². The molecule has 0 bridgehead atoms. The standard InChI is InChI=1S/C11H21N5OS/c1-6-7-12-9(17)8(2)18-10-13-14-15-16(10)11(3,4)5/h8H,6-7H2,1-5H3,(H,12,17)/t8-/m1/s1. The number of aromatic nitrogens is 4. The van der Waals surface area contributed by atoms with Gasteiger partial charge in [-0.3, -0.25) is 4.79 Å². The Morgan fingerprint density at radius 3 is 2.72 bits per heavy atom. The highest BCUT2D eigenvalue weighted by Crippen LogP contribution is 2.24. The molecule has 7 heteroatoms. The molecule has 0 spiro atoms. The second-order valence-electron chi connectivity index (χ2n) is 5.10. The molecule has 0 saturated carbocycles. The molecule has 0 aliphatic heterocycles. The Balaban J connectivity index is 2.68. The number of hydrogen-bond acceptors (Lipinski definition) is 5. The number of amides is 1. The molecule has 18 heavy (non-hydrogen) atoms. The van der Waals surface area contributed by atoms with Crippen molar-refractivity contribution in [3.63, 3.8) is 0 Å². The number of rotatable bonds is 5. The predicted molar refractivity (Wildman–Crippen MR) is 71.4 cm³/mol. The van der Waals surface area contributed by atoms with Crippen LogP contribution in [0.5, 0.6) is 0 Å². The maximum atomic E-state index is 11.8. The molecule has 0 saturated heterocycles. The average Bonchev–Trinajstić information content (AvgIpc) is 2.73. The highest BCUT2D eigenvalue weighted by Gasteiger charge is 2.23. The molecule has 0 aliphatic rings.